The summed E-state index contributed by atoms with van der Waals surface area (Å²) < 4.78 is 55.9. The number of aromatic hydroxyl groups is 4. The predicted octanol–water partition coefficient (Wildman–Crippen LogP) is 13.0. The Morgan fingerprint density at radius 2 is 1.12 bits per heavy atom. The van der Waals surface area contributed by atoms with Crippen LogP contribution in [-0.2, 0) is 19.9 Å². The molecule has 0 radical (unpaired) electrons. The van der Waals surface area contributed by atoms with Gasteiger partial charge in [0.1, 0.15) is 23.1 Å². The van der Waals surface area contributed by atoms with Crippen LogP contribution in [0.2, 0.25) is 0 Å². The number of hydrogen-bond donors (Lipinski definition) is 13. The number of methoxy groups -OCH3 is 1. The largest absolute Gasteiger partial charge is 0.508 e. The second kappa shape index (κ2) is 35.8. The van der Waals surface area contributed by atoms with Crippen LogP contribution in [0.4, 0.5) is 45.6 Å². The number of aryl methyl sites for hydroxylation is 1. The molecule has 0 fully saturated rings. The summed E-state index contributed by atoms with van der Waals surface area (Å²) >= 11 is 0. The van der Waals surface area contributed by atoms with Gasteiger partial charge in [-0.05, 0) is 214 Å². The molecule has 0 amide bonds. The van der Waals surface area contributed by atoms with Gasteiger partial charge in [0.05, 0.1) is 44.3 Å². The number of carbonyl (C=O) groups is 1. The molecule has 24 heteroatoms. The topological polar surface area (TPSA) is 401 Å². The summed E-state index contributed by atoms with van der Waals surface area (Å²) in [5.41, 5.74) is 37.1. The molecule has 96 heavy (non-hydrogen) atoms. The number of sulfone groups is 1. The van der Waals surface area contributed by atoms with Crippen molar-refractivity contribution in [2.75, 3.05) is 51.9 Å². The molecule has 11 rings (SSSR count). The number of rotatable bonds is 16. The summed E-state index contributed by atoms with van der Waals surface area (Å²) in [6.07, 6.45) is 12.1. The second-order valence-corrected chi connectivity index (χ2v) is 24.8. The van der Waals surface area contributed by atoms with Gasteiger partial charge >= 0.3 is 5.97 Å². The molecule has 1 unspecified atom stereocenters. The number of para-hydroxylation sites is 1. The van der Waals surface area contributed by atoms with Gasteiger partial charge in [-0.1, -0.05) is 54.6 Å². The molecule has 22 nitrogen and oxygen atoms in total. The zero-order valence-corrected chi connectivity index (χ0v) is 54.7. The Balaban J connectivity index is 0.000000185. The van der Waals surface area contributed by atoms with Crippen molar-refractivity contribution in [2.45, 2.75) is 54.3 Å². The zero-order chi connectivity index (χ0) is 69.8. The van der Waals surface area contributed by atoms with Gasteiger partial charge in [0.25, 0.3) is 10.0 Å². The molecule has 0 saturated heterocycles. The van der Waals surface area contributed by atoms with E-state index in [1.807, 2.05) is 68.6 Å². The molecule has 3 aromatic heterocycles. The number of pyridine rings is 3. The van der Waals surface area contributed by atoms with E-state index in [1.165, 1.54) is 90.6 Å². The lowest BCUT2D eigenvalue weighted by Crippen LogP contribution is -2.17. The van der Waals surface area contributed by atoms with Gasteiger partial charge in [0, 0.05) is 76.8 Å². The van der Waals surface area contributed by atoms with Crippen molar-refractivity contribution in [1.29, 1.82) is 0 Å². The molecule has 11 aromatic rings. The first-order chi connectivity index (χ1) is 45.8. The van der Waals surface area contributed by atoms with E-state index >= 15 is 0 Å². The Kier molecular flexibility index (Phi) is 27.3. The number of hydrogen-bond acceptors (Lipinski definition) is 20. The summed E-state index contributed by atoms with van der Waals surface area (Å²) in [4.78, 5) is 23.8. The van der Waals surface area contributed by atoms with Crippen LogP contribution in [0.25, 0.3) is 23.1 Å². The molecule has 0 bridgehead atoms. The standard InChI is InChI=1S/C15H21N3O.C15H15NO2.C14H12O4.C12H12N2O2S.C11H11N3O2S.C5H6N2/c1-11(5-3-7-16)18-14-10-13(19-2)9-12-6-4-8-17-15(12)14;1-10-6-5-9-13(11(10)2)16-14-8-4-3-7-12(14)15(17)18;15-11-5-10(6-12(16)8-11)2-1-9-3-4-13(17)14(18)7-9;13-9-1-5-11(6-2-9)17(15,16)12-7-3-10(14)4-8-12;12-9-4-6-10(7-5-9)17(15,16)14-11-3-1-2-8-13-11;6-5-1-3-7-4-2-5/h4,6,8-11,18H,3,5,7,16H2,1-2H3;3-9,16H,1-2H3,(H,17,18);1-8,15-18H;1-8H,13-14H2;1-8H,12H2,(H,13,14);1-4H,(H2,6,7)/b;;2-1+;;;. The average molecular weight is 1340 g/mol. The first-order valence-electron chi connectivity index (χ1n) is 29.5. The fraction of sp³-hybridized carbons (Fsp3) is 0.111. The molecular formula is C72H77N11O11S2. The molecule has 1 atom stereocenters. The second-order valence-electron chi connectivity index (χ2n) is 21.1. The first-order valence-corrected chi connectivity index (χ1v) is 32.5. The normalized spacial score (nSPS) is 11.0. The highest BCUT2D eigenvalue weighted by Gasteiger charge is 2.18. The van der Waals surface area contributed by atoms with Crippen molar-refractivity contribution in [1.82, 2.24) is 15.0 Å². The number of ether oxygens (including phenoxy) is 1. The Labute approximate surface area is 558 Å². The molecule has 0 saturated carbocycles. The third kappa shape index (κ3) is 23.1. The van der Waals surface area contributed by atoms with Crippen LogP contribution in [0, 0.1) is 13.8 Å². The third-order valence-electron chi connectivity index (χ3n) is 13.8. The maximum atomic E-state index is 12.2. The van der Waals surface area contributed by atoms with Gasteiger partial charge in [0.2, 0.25) is 9.84 Å². The van der Waals surface area contributed by atoms with Crippen molar-refractivity contribution >= 4 is 94.5 Å². The Morgan fingerprint density at radius 3 is 1.68 bits per heavy atom. The average Bonchev–Trinajstić information content (AvgIpc) is 0.834. The van der Waals surface area contributed by atoms with E-state index in [4.69, 9.17) is 43.6 Å². The molecule has 498 valence electrons. The highest BCUT2D eigenvalue weighted by molar-refractivity contribution is 7.92. The number of fused-ring (bicyclic) bond motifs is 1. The lowest BCUT2D eigenvalue weighted by molar-refractivity contribution is 0.0697. The highest BCUT2D eigenvalue weighted by Crippen LogP contribution is 2.31. The molecule has 0 aliphatic carbocycles. The van der Waals surface area contributed by atoms with Crippen molar-refractivity contribution in [3.05, 3.63) is 259 Å². The van der Waals surface area contributed by atoms with Gasteiger partial charge in [-0.15, -0.1) is 0 Å². The van der Waals surface area contributed by atoms with E-state index in [0.717, 1.165) is 58.7 Å². The van der Waals surface area contributed by atoms with Crippen molar-refractivity contribution in [3.8, 4) is 28.7 Å². The number of anilines is 8. The van der Waals surface area contributed by atoms with Crippen LogP contribution in [-0.4, -0.2) is 83.0 Å². The van der Waals surface area contributed by atoms with Crippen LogP contribution in [0.3, 0.4) is 0 Å². The van der Waals surface area contributed by atoms with Gasteiger partial charge in [-0.25, -0.2) is 26.6 Å². The maximum absolute atomic E-state index is 12.2. The van der Waals surface area contributed by atoms with Crippen molar-refractivity contribution in [2.24, 2.45) is 5.73 Å². The summed E-state index contributed by atoms with van der Waals surface area (Å²) in [5, 5.41) is 54.0. The summed E-state index contributed by atoms with van der Waals surface area (Å²) in [6.45, 7) is 6.93. The molecule has 8 aromatic carbocycles. The molecule has 0 aliphatic heterocycles. The minimum absolute atomic E-state index is 0.0248. The minimum Gasteiger partial charge on any atom is -0.508 e. The van der Waals surface area contributed by atoms with Gasteiger partial charge in [0.15, 0.2) is 11.5 Å². The monoisotopic (exact) mass is 1340 g/mol. The highest BCUT2D eigenvalue weighted by atomic mass is 32.2. The quantitative estimate of drug-likeness (QED) is 0.0243. The van der Waals surface area contributed by atoms with Crippen LogP contribution in [0.1, 0.15) is 52.4 Å². The lowest BCUT2D eigenvalue weighted by atomic mass is 10.1. The number of phenols is 4. The van der Waals surface area contributed by atoms with E-state index in [9.17, 15) is 36.9 Å². The predicted molar refractivity (Wildman–Crippen MR) is 382 cm³/mol. The van der Waals surface area contributed by atoms with E-state index in [1.54, 1.807) is 111 Å². The van der Waals surface area contributed by atoms with Gasteiger partial charge in [-0.3, -0.25) is 14.7 Å². The number of aromatic nitrogens is 3. The number of carboxylic acid groups (broad SMARTS) is 1. The molecular weight excluding hydrogens is 1260 g/mol. The number of nitrogens with two attached hydrogens (primary N) is 5. The number of aromatic carboxylic acids is 1. The fourth-order valence-corrected chi connectivity index (χ4v) is 10.8. The Morgan fingerprint density at radius 1 is 0.562 bits per heavy atom. The molecule has 0 spiro atoms. The number of nitrogens with zero attached hydrogens (tertiary/aromatic N) is 3. The molecule has 3 heterocycles. The number of benzene rings is 8. The number of phenolic OH excluding ortho intramolecular Hbond substituents is 4. The number of nitrogens with one attached hydrogen (secondary N) is 3. The van der Waals surface area contributed by atoms with E-state index in [0.29, 0.717) is 39.9 Å². The van der Waals surface area contributed by atoms with Gasteiger partial charge < -0.3 is 69.6 Å². The number of sulfonamides is 1. The SMILES string of the molecule is COc1cc(NC(C)CCCN)c2ncccc2c1.Cc1cccc(Nc2ccccc2C(=O)O)c1C.Nc1ccc(S(=O)(=O)Nc2ccccn2)cc1.Nc1ccc(S(=O)(=O)c2ccc(N)cc2)cc1.Nc1ccncc1.Oc1cc(O)cc(/C=C/c2ccc(O)c(O)c2)c1. The summed E-state index contributed by atoms with van der Waals surface area (Å²) in [5.74, 6) is -0.230. The Bertz CT molecular complexity index is 4490. The number of nitrogen functional groups attached to an aromatic ring is 4. The maximum Gasteiger partial charge on any atom is 0.337 e. The fourth-order valence-electron chi connectivity index (χ4n) is 8.58. The van der Waals surface area contributed by atoms with Gasteiger partial charge in [-0.2, -0.15) is 0 Å². The van der Waals surface area contributed by atoms with Crippen LogP contribution in [0.15, 0.2) is 246 Å². The first kappa shape index (κ1) is 73.2. The Hall–Kier alpha value is -11.9. The van der Waals surface area contributed by atoms with Crippen LogP contribution in [0.5, 0.6) is 28.7 Å². The smallest absolute Gasteiger partial charge is 0.337 e. The van der Waals surface area contributed by atoms with Crippen molar-refractivity contribution in [3.63, 3.8) is 0 Å². The molecule has 0 aliphatic rings. The van der Waals surface area contributed by atoms with E-state index < -0.39 is 25.8 Å². The summed E-state index contributed by atoms with van der Waals surface area (Å²) in [6, 6.07) is 56.5. The van der Waals surface area contributed by atoms with Crippen LogP contribution >= 0.6 is 0 Å². The van der Waals surface area contributed by atoms with E-state index in [2.05, 4.69) is 37.2 Å². The number of carboxylic acids is 1. The lowest BCUT2D eigenvalue weighted by Gasteiger charge is -2.17. The summed E-state index contributed by atoms with van der Waals surface area (Å²) in [7, 11) is -5.40. The molecule has 18 N–H and O–H groups in total. The third-order valence-corrected chi connectivity index (χ3v) is 16.9. The zero-order valence-electron chi connectivity index (χ0n) is 53.0. The van der Waals surface area contributed by atoms with Crippen LogP contribution < -0.4 is 48.8 Å². The van der Waals surface area contributed by atoms with Crippen molar-refractivity contribution < 1.29 is 51.9 Å². The minimum atomic E-state index is -3.60. The van der Waals surface area contributed by atoms with E-state index in [-0.39, 0.29) is 49.1 Å².